The average Bonchev–Trinajstić information content (AvgIpc) is 2.53. The molecular formula is C17H21FN4O2. The van der Waals surface area contributed by atoms with Crippen molar-refractivity contribution in [3.63, 3.8) is 0 Å². The summed E-state index contributed by atoms with van der Waals surface area (Å²) in [4.78, 5) is 21.1. The number of fused-ring (bicyclic) bond motifs is 2. The predicted molar refractivity (Wildman–Crippen MR) is 90.4 cm³/mol. The number of ether oxygens (including phenoxy) is 1. The minimum atomic E-state index is -0.364. The first-order valence-corrected chi connectivity index (χ1v) is 8.25. The fourth-order valence-electron chi connectivity index (χ4n) is 3.73. The summed E-state index contributed by atoms with van der Waals surface area (Å²) in [6.07, 6.45) is 0.773. The number of nitrogens with zero attached hydrogens (tertiary/aromatic N) is 4. The highest BCUT2D eigenvalue weighted by Crippen LogP contribution is 2.38. The number of piperazine rings is 1. The van der Waals surface area contributed by atoms with E-state index in [4.69, 9.17) is 4.74 Å². The zero-order valence-corrected chi connectivity index (χ0v) is 14.2. The molecule has 1 unspecified atom stereocenters. The topological polar surface area (TPSA) is 50.6 Å². The molecule has 128 valence electrons. The Balaban J connectivity index is 2.06. The van der Waals surface area contributed by atoms with Gasteiger partial charge in [-0.2, -0.15) is 4.98 Å². The first-order valence-electron chi connectivity index (χ1n) is 8.25. The highest BCUT2D eigenvalue weighted by atomic mass is 19.1. The van der Waals surface area contributed by atoms with Crippen LogP contribution in [0.4, 0.5) is 10.2 Å². The van der Waals surface area contributed by atoms with Crippen LogP contribution in [0, 0.1) is 12.7 Å². The summed E-state index contributed by atoms with van der Waals surface area (Å²) in [6.45, 7) is 4.68. The van der Waals surface area contributed by atoms with Gasteiger partial charge in [0.2, 0.25) is 0 Å². The third-order valence-electron chi connectivity index (χ3n) is 5.11. The predicted octanol–water partition coefficient (Wildman–Crippen LogP) is 1.28. The fraction of sp³-hybridized carbons (Fsp3) is 0.529. The highest BCUT2D eigenvalue weighted by molar-refractivity contribution is 5.96. The van der Waals surface area contributed by atoms with Crippen LogP contribution in [0.2, 0.25) is 0 Å². The maximum Gasteiger partial charge on any atom is 0.349 e. The number of hydrogen-bond acceptors (Lipinski definition) is 5. The van der Waals surface area contributed by atoms with E-state index in [-0.39, 0.29) is 23.3 Å². The van der Waals surface area contributed by atoms with Gasteiger partial charge in [-0.15, -0.1) is 0 Å². The van der Waals surface area contributed by atoms with Crippen molar-refractivity contribution in [2.75, 3.05) is 38.2 Å². The third kappa shape index (κ3) is 2.18. The number of benzene rings is 1. The van der Waals surface area contributed by atoms with Gasteiger partial charge < -0.3 is 14.5 Å². The maximum absolute atomic E-state index is 14.7. The summed E-state index contributed by atoms with van der Waals surface area (Å²) in [6, 6.07) is 1.92. The van der Waals surface area contributed by atoms with Gasteiger partial charge >= 0.3 is 5.69 Å². The lowest BCUT2D eigenvalue weighted by Gasteiger charge is -2.42. The van der Waals surface area contributed by atoms with E-state index in [0.717, 1.165) is 26.1 Å². The van der Waals surface area contributed by atoms with E-state index in [1.165, 1.54) is 4.57 Å². The summed E-state index contributed by atoms with van der Waals surface area (Å²) >= 11 is 0. The Hall–Kier alpha value is -2.15. The monoisotopic (exact) mass is 332 g/mol. The number of anilines is 1. The van der Waals surface area contributed by atoms with Gasteiger partial charge in [0.15, 0.2) is 11.6 Å². The molecule has 0 spiro atoms. The van der Waals surface area contributed by atoms with E-state index in [9.17, 15) is 9.18 Å². The van der Waals surface area contributed by atoms with Crippen LogP contribution in [-0.2, 0) is 7.05 Å². The van der Waals surface area contributed by atoms with Crippen LogP contribution in [0.5, 0.6) is 5.75 Å². The van der Waals surface area contributed by atoms with Gasteiger partial charge in [-0.25, -0.2) is 9.18 Å². The van der Waals surface area contributed by atoms with Gasteiger partial charge in [-0.1, -0.05) is 0 Å². The van der Waals surface area contributed by atoms with Gasteiger partial charge in [0.05, 0.1) is 17.5 Å². The zero-order valence-electron chi connectivity index (χ0n) is 14.2. The number of likely N-dealkylation sites (N-methyl/N-ethyl adjacent to an activating group) is 1. The molecule has 7 heteroatoms. The van der Waals surface area contributed by atoms with Gasteiger partial charge in [0.25, 0.3) is 0 Å². The van der Waals surface area contributed by atoms with E-state index >= 15 is 0 Å². The fourth-order valence-corrected chi connectivity index (χ4v) is 3.73. The molecule has 1 saturated heterocycles. The molecule has 1 aromatic heterocycles. The second kappa shape index (κ2) is 5.44. The average molecular weight is 332 g/mol. The second-order valence-corrected chi connectivity index (χ2v) is 6.75. The first kappa shape index (κ1) is 15.4. The quantitative estimate of drug-likeness (QED) is 0.727. The van der Waals surface area contributed by atoms with Crippen LogP contribution in [0.15, 0.2) is 10.9 Å². The van der Waals surface area contributed by atoms with Crippen molar-refractivity contribution in [3.05, 3.63) is 27.9 Å². The molecule has 0 saturated carbocycles. The Bertz CT molecular complexity index is 879. The third-order valence-corrected chi connectivity index (χ3v) is 5.11. The smallest absolute Gasteiger partial charge is 0.349 e. The molecule has 1 atom stereocenters. The minimum Gasteiger partial charge on any atom is -0.490 e. The maximum atomic E-state index is 14.7. The number of halogens is 1. The van der Waals surface area contributed by atoms with Crippen molar-refractivity contribution < 1.29 is 9.13 Å². The van der Waals surface area contributed by atoms with Crippen molar-refractivity contribution in [2.24, 2.45) is 7.05 Å². The summed E-state index contributed by atoms with van der Waals surface area (Å²) in [5.41, 5.74) is 0.811. The largest absolute Gasteiger partial charge is 0.490 e. The normalized spacial score (nSPS) is 21.2. The summed E-state index contributed by atoms with van der Waals surface area (Å²) in [7, 11) is 3.75. The Labute approximate surface area is 139 Å². The Morgan fingerprint density at radius 2 is 2.12 bits per heavy atom. The van der Waals surface area contributed by atoms with Crippen LogP contribution >= 0.6 is 0 Å². The van der Waals surface area contributed by atoms with Crippen LogP contribution in [0.1, 0.15) is 12.0 Å². The number of rotatable bonds is 0. The molecule has 2 aliphatic heterocycles. The molecule has 6 nitrogen and oxygen atoms in total. The van der Waals surface area contributed by atoms with Gasteiger partial charge in [0, 0.05) is 39.1 Å². The van der Waals surface area contributed by atoms with Crippen molar-refractivity contribution in [2.45, 2.75) is 19.4 Å². The van der Waals surface area contributed by atoms with Crippen molar-refractivity contribution in [3.8, 4) is 5.75 Å². The standard InChI is InChI=1S/C17H21FN4O2/c1-10-8-12-13-15(14(10)18)24-7-4-11-9-20(2)5-6-22(11)16(13)19-17(23)21(12)3/h8,11H,4-7,9H2,1-3H3. The highest BCUT2D eigenvalue weighted by Gasteiger charge is 2.32. The molecule has 2 aromatic rings. The second-order valence-electron chi connectivity index (χ2n) is 6.75. The van der Waals surface area contributed by atoms with E-state index in [1.807, 2.05) is 0 Å². The molecule has 0 N–H and O–H groups in total. The van der Waals surface area contributed by atoms with Gasteiger partial charge in [0.1, 0.15) is 5.82 Å². The molecule has 1 fully saturated rings. The molecule has 0 bridgehead atoms. The lowest BCUT2D eigenvalue weighted by atomic mass is 10.0. The molecule has 0 radical (unpaired) electrons. The lowest BCUT2D eigenvalue weighted by molar-refractivity contribution is 0.222. The van der Waals surface area contributed by atoms with Crippen LogP contribution < -0.4 is 15.3 Å². The molecule has 0 aliphatic carbocycles. The molecule has 4 rings (SSSR count). The molecule has 1 aromatic carbocycles. The van der Waals surface area contributed by atoms with Crippen LogP contribution in [0.3, 0.4) is 0 Å². The lowest BCUT2D eigenvalue weighted by Crippen LogP contribution is -2.53. The van der Waals surface area contributed by atoms with Crippen LogP contribution in [0.25, 0.3) is 10.9 Å². The van der Waals surface area contributed by atoms with Crippen molar-refractivity contribution in [1.29, 1.82) is 0 Å². The summed E-state index contributed by atoms with van der Waals surface area (Å²) in [5, 5.41) is 0.606. The number of aryl methyl sites for hydroxylation is 2. The van der Waals surface area contributed by atoms with E-state index < -0.39 is 0 Å². The Morgan fingerprint density at radius 1 is 1.33 bits per heavy atom. The molecule has 2 aliphatic rings. The summed E-state index contributed by atoms with van der Waals surface area (Å²) in [5.74, 6) is 0.414. The Morgan fingerprint density at radius 3 is 2.92 bits per heavy atom. The van der Waals surface area contributed by atoms with Gasteiger partial charge in [-0.3, -0.25) is 4.57 Å². The summed E-state index contributed by atoms with van der Waals surface area (Å²) < 4.78 is 22.0. The number of aromatic nitrogens is 2. The van der Waals surface area contributed by atoms with E-state index in [2.05, 4.69) is 21.8 Å². The Kier molecular flexibility index (Phi) is 3.49. The van der Waals surface area contributed by atoms with E-state index in [1.54, 1.807) is 20.0 Å². The molecule has 3 heterocycles. The van der Waals surface area contributed by atoms with E-state index in [0.29, 0.717) is 28.9 Å². The van der Waals surface area contributed by atoms with Crippen molar-refractivity contribution >= 4 is 16.7 Å². The van der Waals surface area contributed by atoms with Crippen LogP contribution in [-0.4, -0.2) is 53.8 Å². The molecule has 0 amide bonds. The van der Waals surface area contributed by atoms with Gasteiger partial charge in [-0.05, 0) is 25.6 Å². The molecular weight excluding hydrogens is 311 g/mol. The number of hydrogen-bond donors (Lipinski definition) is 0. The zero-order chi connectivity index (χ0) is 17.0. The van der Waals surface area contributed by atoms with Crippen molar-refractivity contribution in [1.82, 2.24) is 14.5 Å². The minimum absolute atomic E-state index is 0.212. The molecule has 24 heavy (non-hydrogen) atoms. The first-order chi connectivity index (χ1) is 11.5. The SMILES string of the molecule is Cc1cc2c3c(nc(=O)n2C)N2CCN(C)CC2CCOc3c1F.